The lowest BCUT2D eigenvalue weighted by Crippen LogP contribution is -2.26. The van der Waals surface area contributed by atoms with Gasteiger partial charge in [-0.3, -0.25) is 9.36 Å². The Kier molecular flexibility index (Phi) is 8.40. The lowest BCUT2D eigenvalue weighted by atomic mass is 10.0. The van der Waals surface area contributed by atoms with E-state index in [4.69, 9.17) is 16.3 Å². The first-order chi connectivity index (χ1) is 17.4. The molecule has 0 saturated carbocycles. The molecule has 0 fully saturated rings. The molecule has 0 atom stereocenters. The Morgan fingerprint density at radius 1 is 1.08 bits per heavy atom. The van der Waals surface area contributed by atoms with Gasteiger partial charge in [-0.05, 0) is 59.7 Å². The fraction of sp³-hybridized carbons (Fsp3) is 0.148. The van der Waals surface area contributed by atoms with Crippen molar-refractivity contribution in [3.8, 4) is 22.6 Å². The molecule has 1 aromatic heterocycles. The van der Waals surface area contributed by atoms with Crippen LogP contribution >= 0.6 is 23.4 Å². The van der Waals surface area contributed by atoms with E-state index in [1.807, 2.05) is 34.9 Å². The summed E-state index contributed by atoms with van der Waals surface area (Å²) in [5, 5.41) is 12.8. The predicted molar refractivity (Wildman–Crippen MR) is 142 cm³/mol. The van der Waals surface area contributed by atoms with Crippen LogP contribution in [0.25, 0.3) is 16.8 Å². The van der Waals surface area contributed by atoms with Gasteiger partial charge in [-0.1, -0.05) is 54.2 Å². The summed E-state index contributed by atoms with van der Waals surface area (Å²) in [6.07, 6.45) is 0.455. The number of ether oxygens (including phenoxy) is 1. The molecule has 0 bridgehead atoms. The molecule has 1 amide bonds. The van der Waals surface area contributed by atoms with Gasteiger partial charge >= 0.3 is 0 Å². The molecule has 184 valence electrons. The van der Waals surface area contributed by atoms with E-state index >= 15 is 0 Å². The van der Waals surface area contributed by atoms with Crippen LogP contribution in [0, 0.1) is 5.82 Å². The number of nitrogens with zero attached hydrogens (tertiary/aromatic N) is 3. The number of thioether (sulfide) groups is 1. The van der Waals surface area contributed by atoms with Crippen molar-refractivity contribution in [3.05, 3.63) is 102 Å². The van der Waals surface area contributed by atoms with Crippen LogP contribution in [0.2, 0.25) is 0 Å². The number of aromatic nitrogens is 3. The maximum atomic E-state index is 13.6. The van der Waals surface area contributed by atoms with Gasteiger partial charge in [-0.2, -0.15) is 0 Å². The minimum absolute atomic E-state index is 0.225. The van der Waals surface area contributed by atoms with E-state index < -0.39 is 0 Å². The van der Waals surface area contributed by atoms with Crippen LogP contribution in [0.4, 0.5) is 4.39 Å². The average molecular weight is 523 g/mol. The van der Waals surface area contributed by atoms with E-state index in [9.17, 15) is 9.18 Å². The van der Waals surface area contributed by atoms with Crippen LogP contribution in [0.1, 0.15) is 16.2 Å². The van der Waals surface area contributed by atoms with Crippen molar-refractivity contribution in [1.82, 2.24) is 20.1 Å². The summed E-state index contributed by atoms with van der Waals surface area (Å²) < 4.78 is 20.8. The number of rotatable bonds is 10. The highest BCUT2D eigenvalue weighted by Gasteiger charge is 2.16. The van der Waals surface area contributed by atoms with Crippen molar-refractivity contribution in [3.63, 3.8) is 0 Å². The fourth-order valence-corrected chi connectivity index (χ4v) is 4.47. The molecule has 6 nitrogen and oxygen atoms in total. The minimum atomic E-state index is -0.323. The standard InChI is InChI=1S/C27H24ClFN4O2S/c1-18(28)17-36-27-32-31-25(33(27)23-9-11-24(35-2)12-10-23)13-14-30-26(34)21-7-3-5-19(15-21)20-6-4-8-22(29)16-20/h3-12,15-16H,1,13-14,17H2,2H3,(H,30,34). The Morgan fingerprint density at radius 3 is 2.50 bits per heavy atom. The van der Waals surface area contributed by atoms with E-state index in [0.717, 1.165) is 17.0 Å². The van der Waals surface area contributed by atoms with E-state index in [1.54, 1.807) is 37.4 Å². The monoisotopic (exact) mass is 522 g/mol. The molecule has 0 unspecified atom stereocenters. The fourth-order valence-electron chi connectivity index (χ4n) is 3.59. The number of nitrogens with one attached hydrogen (secondary N) is 1. The van der Waals surface area contributed by atoms with Gasteiger partial charge in [0.1, 0.15) is 17.4 Å². The zero-order valence-electron chi connectivity index (χ0n) is 19.6. The number of carbonyl (C=O) groups is 1. The quantitative estimate of drug-likeness (QED) is 0.263. The van der Waals surface area contributed by atoms with Gasteiger partial charge in [0.2, 0.25) is 0 Å². The zero-order valence-corrected chi connectivity index (χ0v) is 21.2. The van der Waals surface area contributed by atoms with Crippen molar-refractivity contribution < 1.29 is 13.9 Å². The van der Waals surface area contributed by atoms with Crippen LogP contribution in [0.5, 0.6) is 5.75 Å². The number of halogens is 2. The molecule has 0 saturated heterocycles. The summed E-state index contributed by atoms with van der Waals surface area (Å²) in [5.74, 6) is 1.38. The van der Waals surface area contributed by atoms with Crippen molar-refractivity contribution in [2.75, 3.05) is 19.4 Å². The molecule has 4 aromatic rings. The van der Waals surface area contributed by atoms with Gasteiger partial charge in [0.25, 0.3) is 5.91 Å². The van der Waals surface area contributed by atoms with Crippen LogP contribution in [0.15, 0.2) is 89.6 Å². The molecule has 4 rings (SSSR count). The van der Waals surface area contributed by atoms with Gasteiger partial charge in [0.05, 0.1) is 7.11 Å². The zero-order chi connectivity index (χ0) is 25.5. The summed E-state index contributed by atoms with van der Waals surface area (Å²) in [4.78, 5) is 12.8. The Hall–Kier alpha value is -3.62. The predicted octanol–water partition coefficient (Wildman–Crippen LogP) is 5.90. The molecule has 0 spiro atoms. The Balaban J connectivity index is 1.48. The molecule has 9 heteroatoms. The summed E-state index contributed by atoms with van der Waals surface area (Å²) in [5.41, 5.74) is 2.84. The highest BCUT2D eigenvalue weighted by atomic mass is 35.5. The second-order valence-corrected chi connectivity index (χ2v) is 9.31. The number of carbonyl (C=O) groups excluding carboxylic acids is 1. The van der Waals surface area contributed by atoms with E-state index in [-0.39, 0.29) is 11.7 Å². The molecule has 0 aliphatic carbocycles. The van der Waals surface area contributed by atoms with Crippen LogP contribution < -0.4 is 10.1 Å². The molecule has 0 radical (unpaired) electrons. The Bertz CT molecular complexity index is 1370. The van der Waals surface area contributed by atoms with E-state index in [2.05, 4.69) is 22.1 Å². The summed E-state index contributed by atoms with van der Waals surface area (Å²) >= 11 is 7.38. The smallest absolute Gasteiger partial charge is 0.251 e. The molecule has 3 aromatic carbocycles. The summed E-state index contributed by atoms with van der Waals surface area (Å²) in [7, 11) is 1.61. The largest absolute Gasteiger partial charge is 0.497 e. The second-order valence-electron chi connectivity index (χ2n) is 7.84. The average Bonchev–Trinajstić information content (AvgIpc) is 3.30. The second kappa shape index (κ2) is 11.9. The van der Waals surface area contributed by atoms with Crippen LogP contribution in [-0.4, -0.2) is 40.1 Å². The first-order valence-electron chi connectivity index (χ1n) is 11.1. The van der Waals surface area contributed by atoms with Gasteiger partial charge < -0.3 is 10.1 Å². The molecule has 0 aliphatic rings. The number of amides is 1. The topological polar surface area (TPSA) is 69.0 Å². The number of hydrogen-bond donors (Lipinski definition) is 1. The molecular weight excluding hydrogens is 499 g/mol. The first kappa shape index (κ1) is 25.5. The number of benzene rings is 3. The van der Waals surface area contributed by atoms with Gasteiger partial charge in [0.15, 0.2) is 5.16 Å². The van der Waals surface area contributed by atoms with Crippen molar-refractivity contribution in [2.24, 2.45) is 0 Å². The highest BCUT2D eigenvalue weighted by molar-refractivity contribution is 7.99. The van der Waals surface area contributed by atoms with E-state index in [0.29, 0.717) is 45.9 Å². The molecular formula is C27H24ClFN4O2S. The maximum absolute atomic E-state index is 13.6. The summed E-state index contributed by atoms with van der Waals surface area (Å²) in [6, 6.07) is 20.9. The Labute approximate surface area is 218 Å². The number of hydrogen-bond acceptors (Lipinski definition) is 5. The molecule has 1 heterocycles. The van der Waals surface area contributed by atoms with Gasteiger partial charge in [-0.15, -0.1) is 10.2 Å². The molecule has 1 N–H and O–H groups in total. The van der Waals surface area contributed by atoms with Crippen molar-refractivity contribution in [2.45, 2.75) is 11.6 Å². The van der Waals surface area contributed by atoms with Crippen LogP contribution in [-0.2, 0) is 6.42 Å². The normalized spacial score (nSPS) is 10.8. The first-order valence-corrected chi connectivity index (χ1v) is 12.5. The number of methoxy groups -OCH3 is 1. The third-order valence-electron chi connectivity index (χ3n) is 5.31. The maximum Gasteiger partial charge on any atom is 0.251 e. The lowest BCUT2D eigenvalue weighted by Gasteiger charge is -2.11. The Morgan fingerprint density at radius 2 is 1.81 bits per heavy atom. The van der Waals surface area contributed by atoms with Gasteiger partial charge in [0, 0.05) is 35.0 Å². The van der Waals surface area contributed by atoms with Crippen molar-refractivity contribution in [1.29, 1.82) is 0 Å². The van der Waals surface area contributed by atoms with Gasteiger partial charge in [-0.25, -0.2) is 4.39 Å². The molecule has 36 heavy (non-hydrogen) atoms. The SMILES string of the molecule is C=C(Cl)CSc1nnc(CCNC(=O)c2cccc(-c3cccc(F)c3)c2)n1-c1ccc(OC)cc1. The summed E-state index contributed by atoms with van der Waals surface area (Å²) in [6.45, 7) is 4.09. The minimum Gasteiger partial charge on any atom is -0.497 e. The van der Waals surface area contributed by atoms with Crippen LogP contribution in [0.3, 0.4) is 0 Å². The third kappa shape index (κ3) is 6.33. The lowest BCUT2D eigenvalue weighted by molar-refractivity contribution is 0.0954. The van der Waals surface area contributed by atoms with E-state index in [1.165, 1.54) is 23.9 Å². The highest BCUT2D eigenvalue weighted by Crippen LogP contribution is 2.26. The third-order valence-corrected chi connectivity index (χ3v) is 6.61. The molecule has 0 aliphatic heterocycles. The van der Waals surface area contributed by atoms with Crippen molar-refractivity contribution >= 4 is 29.3 Å².